The van der Waals surface area contributed by atoms with Gasteiger partial charge in [-0.2, -0.15) is 0 Å². The molecule has 1 aromatic carbocycles. The van der Waals surface area contributed by atoms with Gasteiger partial charge in [-0.3, -0.25) is 0 Å². The van der Waals surface area contributed by atoms with Crippen molar-refractivity contribution in [1.82, 2.24) is 0 Å². The summed E-state index contributed by atoms with van der Waals surface area (Å²) in [7, 11) is 1.34. The summed E-state index contributed by atoms with van der Waals surface area (Å²) in [6.07, 6.45) is 0. The van der Waals surface area contributed by atoms with Gasteiger partial charge in [-0.1, -0.05) is 0 Å². The van der Waals surface area contributed by atoms with Gasteiger partial charge in [0.05, 0.1) is 31.3 Å². The third-order valence-corrected chi connectivity index (χ3v) is 2.95. The zero-order valence-corrected chi connectivity index (χ0v) is 9.32. The lowest BCUT2D eigenvalue weighted by Crippen LogP contribution is -2.28. The molecule has 0 radical (unpaired) electrons. The number of ether oxygens (including phenoxy) is 2. The molecule has 1 atom stereocenters. The summed E-state index contributed by atoms with van der Waals surface area (Å²) in [6.45, 7) is 2.33. The number of hydrogen-bond donors (Lipinski definition) is 1. The van der Waals surface area contributed by atoms with Crippen LogP contribution in [0.2, 0.25) is 0 Å². The standard InChI is InChI=1S/C12H14O4/c1-12(6-13)7-16-10-4-3-8(5-9(10)12)11(14)15-2/h3-5,13H,6-7H2,1-2H3. The second-order valence-electron chi connectivity index (χ2n) is 4.21. The summed E-state index contributed by atoms with van der Waals surface area (Å²) in [5.41, 5.74) is 0.906. The van der Waals surface area contributed by atoms with E-state index in [1.54, 1.807) is 18.2 Å². The molecule has 1 N–H and O–H groups in total. The molecular formula is C12H14O4. The Morgan fingerprint density at radius 1 is 1.62 bits per heavy atom. The van der Waals surface area contributed by atoms with Gasteiger partial charge in [0.2, 0.25) is 0 Å². The average molecular weight is 222 g/mol. The second kappa shape index (κ2) is 3.79. The highest BCUT2D eigenvalue weighted by Crippen LogP contribution is 2.38. The van der Waals surface area contributed by atoms with E-state index in [4.69, 9.17) is 4.74 Å². The van der Waals surface area contributed by atoms with E-state index in [9.17, 15) is 9.90 Å². The van der Waals surface area contributed by atoms with Crippen molar-refractivity contribution in [3.63, 3.8) is 0 Å². The summed E-state index contributed by atoms with van der Waals surface area (Å²) >= 11 is 0. The SMILES string of the molecule is COC(=O)c1ccc2c(c1)C(C)(CO)CO2. The molecule has 0 aromatic heterocycles. The van der Waals surface area contributed by atoms with E-state index >= 15 is 0 Å². The fraction of sp³-hybridized carbons (Fsp3) is 0.417. The molecule has 2 rings (SSSR count). The average Bonchev–Trinajstić information content (AvgIpc) is 2.66. The van der Waals surface area contributed by atoms with E-state index in [1.807, 2.05) is 6.92 Å². The first-order valence-electron chi connectivity index (χ1n) is 5.07. The van der Waals surface area contributed by atoms with E-state index < -0.39 is 5.41 Å². The van der Waals surface area contributed by atoms with Crippen LogP contribution >= 0.6 is 0 Å². The van der Waals surface area contributed by atoms with Crippen molar-refractivity contribution < 1.29 is 19.4 Å². The van der Waals surface area contributed by atoms with Gasteiger partial charge < -0.3 is 14.6 Å². The predicted molar refractivity (Wildman–Crippen MR) is 57.7 cm³/mol. The highest BCUT2D eigenvalue weighted by molar-refractivity contribution is 5.90. The first-order valence-corrected chi connectivity index (χ1v) is 5.07. The van der Waals surface area contributed by atoms with Crippen molar-refractivity contribution in [2.45, 2.75) is 12.3 Å². The van der Waals surface area contributed by atoms with E-state index in [0.717, 1.165) is 11.3 Å². The third kappa shape index (κ3) is 1.55. The second-order valence-corrected chi connectivity index (χ2v) is 4.21. The Balaban J connectivity index is 2.45. The molecule has 1 aliphatic rings. The Hall–Kier alpha value is -1.55. The highest BCUT2D eigenvalue weighted by Gasteiger charge is 2.36. The minimum Gasteiger partial charge on any atom is -0.492 e. The Morgan fingerprint density at radius 2 is 2.38 bits per heavy atom. The lowest BCUT2D eigenvalue weighted by atomic mass is 9.85. The van der Waals surface area contributed by atoms with E-state index in [0.29, 0.717) is 12.2 Å². The van der Waals surface area contributed by atoms with Crippen LogP contribution in [0.25, 0.3) is 0 Å². The number of esters is 1. The molecule has 0 saturated heterocycles. The summed E-state index contributed by atoms with van der Waals surface area (Å²) in [4.78, 5) is 11.4. The molecule has 0 saturated carbocycles. The maximum Gasteiger partial charge on any atom is 0.337 e. The minimum atomic E-state index is -0.431. The number of rotatable bonds is 2. The minimum absolute atomic E-state index is 0.00930. The van der Waals surface area contributed by atoms with E-state index in [1.165, 1.54) is 7.11 Å². The van der Waals surface area contributed by atoms with Gasteiger partial charge in [-0.05, 0) is 25.1 Å². The van der Waals surface area contributed by atoms with Crippen molar-refractivity contribution in [2.24, 2.45) is 0 Å². The highest BCUT2D eigenvalue weighted by atomic mass is 16.5. The quantitative estimate of drug-likeness (QED) is 0.762. The number of fused-ring (bicyclic) bond motifs is 1. The molecule has 4 nitrogen and oxygen atoms in total. The number of carbonyl (C=O) groups excluding carboxylic acids is 1. The molecule has 4 heteroatoms. The maximum absolute atomic E-state index is 11.4. The third-order valence-electron chi connectivity index (χ3n) is 2.95. The van der Waals surface area contributed by atoms with E-state index in [2.05, 4.69) is 4.74 Å². The number of aliphatic hydroxyl groups excluding tert-OH is 1. The number of hydrogen-bond acceptors (Lipinski definition) is 4. The van der Waals surface area contributed by atoms with Crippen molar-refractivity contribution in [3.05, 3.63) is 29.3 Å². The van der Waals surface area contributed by atoms with Gasteiger partial charge in [0.1, 0.15) is 5.75 Å². The topological polar surface area (TPSA) is 55.8 Å². The fourth-order valence-corrected chi connectivity index (χ4v) is 1.82. The van der Waals surface area contributed by atoms with Crippen molar-refractivity contribution >= 4 is 5.97 Å². The van der Waals surface area contributed by atoms with Crippen LogP contribution in [0, 0.1) is 0 Å². The number of aliphatic hydroxyl groups is 1. The maximum atomic E-state index is 11.4. The van der Waals surface area contributed by atoms with Crippen molar-refractivity contribution in [1.29, 1.82) is 0 Å². The molecule has 1 heterocycles. The molecule has 1 aliphatic heterocycles. The molecule has 1 unspecified atom stereocenters. The van der Waals surface area contributed by atoms with E-state index in [-0.39, 0.29) is 12.6 Å². The molecule has 86 valence electrons. The predicted octanol–water partition coefficient (Wildman–Crippen LogP) is 1.12. The normalized spacial score (nSPS) is 22.4. The Morgan fingerprint density at radius 3 is 3.00 bits per heavy atom. The van der Waals surface area contributed by atoms with Gasteiger partial charge in [0.15, 0.2) is 0 Å². The number of benzene rings is 1. The summed E-state index contributed by atoms with van der Waals surface area (Å²) in [5.74, 6) is 0.346. The Bertz CT molecular complexity index is 427. The zero-order chi connectivity index (χ0) is 11.8. The molecule has 16 heavy (non-hydrogen) atoms. The fourth-order valence-electron chi connectivity index (χ4n) is 1.82. The van der Waals surface area contributed by atoms with Crippen LogP contribution in [-0.2, 0) is 10.2 Å². The van der Waals surface area contributed by atoms with Gasteiger partial charge in [-0.15, -0.1) is 0 Å². The molecule has 1 aromatic rings. The Kier molecular flexibility index (Phi) is 2.59. The molecular weight excluding hydrogens is 208 g/mol. The summed E-state index contributed by atoms with van der Waals surface area (Å²) in [6, 6.07) is 5.13. The summed E-state index contributed by atoms with van der Waals surface area (Å²) < 4.78 is 10.1. The van der Waals surface area contributed by atoms with Crippen molar-refractivity contribution in [2.75, 3.05) is 20.3 Å². The molecule has 0 bridgehead atoms. The first-order chi connectivity index (χ1) is 7.60. The molecule has 0 fully saturated rings. The van der Waals surface area contributed by atoms with Crippen LogP contribution in [-0.4, -0.2) is 31.4 Å². The van der Waals surface area contributed by atoms with Gasteiger partial charge in [0, 0.05) is 5.56 Å². The van der Waals surface area contributed by atoms with Crippen LogP contribution in [0.3, 0.4) is 0 Å². The molecule has 0 aliphatic carbocycles. The number of carbonyl (C=O) groups is 1. The van der Waals surface area contributed by atoms with Crippen LogP contribution in [0.5, 0.6) is 5.75 Å². The van der Waals surface area contributed by atoms with Gasteiger partial charge in [-0.25, -0.2) is 4.79 Å². The smallest absolute Gasteiger partial charge is 0.337 e. The molecule has 0 spiro atoms. The monoisotopic (exact) mass is 222 g/mol. The van der Waals surface area contributed by atoms with Crippen LogP contribution < -0.4 is 4.74 Å². The van der Waals surface area contributed by atoms with Crippen LogP contribution in [0.4, 0.5) is 0 Å². The lowest BCUT2D eigenvalue weighted by molar-refractivity contribution is 0.0600. The summed E-state index contributed by atoms with van der Waals surface area (Å²) in [5, 5.41) is 9.36. The van der Waals surface area contributed by atoms with Crippen LogP contribution in [0.1, 0.15) is 22.8 Å². The first kappa shape index (κ1) is 11.0. The Labute approximate surface area is 93.8 Å². The lowest BCUT2D eigenvalue weighted by Gasteiger charge is -2.19. The molecule has 0 amide bonds. The largest absolute Gasteiger partial charge is 0.492 e. The van der Waals surface area contributed by atoms with Gasteiger partial charge >= 0.3 is 5.97 Å². The van der Waals surface area contributed by atoms with Crippen molar-refractivity contribution in [3.8, 4) is 5.75 Å². The van der Waals surface area contributed by atoms with Gasteiger partial charge in [0.25, 0.3) is 0 Å². The zero-order valence-electron chi connectivity index (χ0n) is 9.32. The number of methoxy groups -OCH3 is 1. The van der Waals surface area contributed by atoms with Crippen LogP contribution in [0.15, 0.2) is 18.2 Å².